The Morgan fingerprint density at radius 1 is 0.308 bits per heavy atom. The van der Waals surface area contributed by atoms with Crippen LogP contribution in [0.4, 0.5) is 0 Å². The van der Waals surface area contributed by atoms with Crippen LogP contribution in [0, 0.1) is 0 Å². The molecule has 0 aliphatic carbocycles. The molecule has 532 valence electrons. The highest BCUT2D eigenvalue weighted by atomic mass is 31.2. The molecule has 0 aromatic heterocycles. The smallest absolute Gasteiger partial charge is 0.463 e. The number of hydrogen-bond donors (Lipinski definition) is 4. The molecule has 18 heteroatoms. The molecule has 0 fully saturated rings. The Balaban J connectivity index is 4.38. The number of allylic oxidation sites excluding steroid dienone is 10. The summed E-state index contributed by atoms with van der Waals surface area (Å²) in [6.07, 6.45) is 70.1. The van der Waals surface area contributed by atoms with Crippen molar-refractivity contribution in [1.29, 1.82) is 0 Å². The predicted molar refractivity (Wildman–Crippen MR) is 372 cm³/mol. The van der Waals surface area contributed by atoms with Crippen LogP contribution in [0.3, 0.4) is 0 Å². The number of aliphatic hydroxyl groups is 2. The number of carbonyl (C=O) groups excluding carboxylic acids is 3. The minimum absolute atomic E-state index is 0.0992. The van der Waals surface area contributed by atoms with E-state index in [0.717, 1.165) is 103 Å². The molecule has 0 amide bonds. The van der Waals surface area contributed by atoms with Gasteiger partial charge in [-0.25, -0.2) is 9.13 Å². The lowest BCUT2D eigenvalue weighted by molar-refractivity contribution is -0.161. The zero-order valence-electron chi connectivity index (χ0n) is 57.8. The summed E-state index contributed by atoms with van der Waals surface area (Å²) in [5.74, 6) is -1.57. The van der Waals surface area contributed by atoms with Crippen molar-refractivity contribution in [2.24, 2.45) is 0 Å². The molecule has 0 aromatic rings. The quantitative estimate of drug-likeness (QED) is 0.0146. The number of aliphatic hydroxyl groups excluding tert-OH is 2. The maximum Gasteiger partial charge on any atom is 0.472 e. The zero-order chi connectivity index (χ0) is 66.7. The fourth-order valence-electron chi connectivity index (χ4n) is 10.1. The summed E-state index contributed by atoms with van der Waals surface area (Å²) in [7, 11) is -9.76. The Morgan fingerprint density at radius 2 is 0.560 bits per heavy atom. The number of rotatable bonds is 70. The SMILES string of the molecule is CCCC/C=C\CCCCCCCC(=O)OC(COC(=O)CCCCCCCCCCCCCCCCC)COP(=O)(O)OCC(O)COP(=O)(O)OCC(O)COC(=O)CCCCCCCCCCCCCCC/C=C\C/C=C\C/C=C\C/C=C\CCCCC. The van der Waals surface area contributed by atoms with Gasteiger partial charge in [0.1, 0.15) is 25.4 Å². The van der Waals surface area contributed by atoms with Gasteiger partial charge in [-0.05, 0) is 83.5 Å². The van der Waals surface area contributed by atoms with Gasteiger partial charge in [0.15, 0.2) is 6.10 Å². The maximum absolute atomic E-state index is 12.9. The van der Waals surface area contributed by atoms with Crippen LogP contribution < -0.4 is 0 Å². The summed E-state index contributed by atoms with van der Waals surface area (Å²) in [5, 5.41) is 20.6. The molecular weight excluding hydrogens is 1190 g/mol. The Kier molecular flexibility index (Phi) is 65.2. The number of esters is 3. The summed E-state index contributed by atoms with van der Waals surface area (Å²) < 4.78 is 60.9. The molecule has 0 heterocycles. The lowest BCUT2D eigenvalue weighted by atomic mass is 10.0. The van der Waals surface area contributed by atoms with Crippen LogP contribution in [0.2, 0.25) is 0 Å². The Hall–Kier alpha value is -2.75. The molecule has 0 radical (unpaired) electrons. The molecule has 0 rings (SSSR count). The molecule has 0 saturated carbocycles. The molecule has 5 atom stereocenters. The van der Waals surface area contributed by atoms with Gasteiger partial charge < -0.3 is 34.2 Å². The van der Waals surface area contributed by atoms with E-state index in [2.05, 4.69) is 81.5 Å². The van der Waals surface area contributed by atoms with Gasteiger partial charge in [0.05, 0.1) is 26.4 Å². The van der Waals surface area contributed by atoms with E-state index in [9.17, 15) is 43.5 Å². The monoisotopic (exact) mass is 1330 g/mol. The molecule has 0 aromatic carbocycles. The van der Waals surface area contributed by atoms with E-state index in [1.807, 2.05) is 0 Å². The van der Waals surface area contributed by atoms with Crippen molar-refractivity contribution in [3.63, 3.8) is 0 Å². The summed E-state index contributed by atoms with van der Waals surface area (Å²) in [5.41, 5.74) is 0. The molecule has 4 N–H and O–H groups in total. The highest BCUT2D eigenvalue weighted by molar-refractivity contribution is 7.47. The van der Waals surface area contributed by atoms with Crippen LogP contribution in [0.15, 0.2) is 60.8 Å². The second-order valence-electron chi connectivity index (χ2n) is 24.7. The van der Waals surface area contributed by atoms with E-state index in [1.165, 1.54) is 167 Å². The molecule has 0 aliphatic heterocycles. The van der Waals surface area contributed by atoms with Crippen LogP contribution in [0.25, 0.3) is 0 Å². The molecule has 16 nitrogen and oxygen atoms in total. The molecule has 0 aliphatic rings. The largest absolute Gasteiger partial charge is 0.472 e. The minimum Gasteiger partial charge on any atom is -0.463 e. The van der Waals surface area contributed by atoms with Gasteiger partial charge in [-0.2, -0.15) is 0 Å². The van der Waals surface area contributed by atoms with Crippen molar-refractivity contribution < 1.29 is 75.8 Å². The van der Waals surface area contributed by atoms with Crippen molar-refractivity contribution in [3.05, 3.63) is 60.8 Å². The van der Waals surface area contributed by atoms with Crippen molar-refractivity contribution in [3.8, 4) is 0 Å². The topological polar surface area (TPSA) is 231 Å². The first-order valence-corrected chi connectivity index (χ1v) is 39.6. The number of hydrogen-bond acceptors (Lipinski definition) is 14. The average molecular weight is 1330 g/mol. The Morgan fingerprint density at radius 3 is 0.934 bits per heavy atom. The number of ether oxygens (including phenoxy) is 3. The van der Waals surface area contributed by atoms with Crippen molar-refractivity contribution in [2.75, 3.05) is 39.6 Å². The third kappa shape index (κ3) is 68.4. The first-order chi connectivity index (χ1) is 44.2. The van der Waals surface area contributed by atoms with Gasteiger partial charge in [0, 0.05) is 19.3 Å². The van der Waals surface area contributed by atoms with E-state index in [-0.39, 0.29) is 19.3 Å². The fraction of sp³-hybridized carbons (Fsp3) is 0.822. The van der Waals surface area contributed by atoms with Gasteiger partial charge in [-0.3, -0.25) is 32.5 Å². The van der Waals surface area contributed by atoms with Crippen LogP contribution in [-0.4, -0.2) is 95.9 Å². The van der Waals surface area contributed by atoms with Gasteiger partial charge in [0.25, 0.3) is 0 Å². The van der Waals surface area contributed by atoms with Gasteiger partial charge >= 0.3 is 33.6 Å². The lowest BCUT2D eigenvalue weighted by Crippen LogP contribution is -2.30. The van der Waals surface area contributed by atoms with E-state index in [1.54, 1.807) is 0 Å². The van der Waals surface area contributed by atoms with Crippen molar-refractivity contribution in [1.82, 2.24) is 0 Å². The van der Waals surface area contributed by atoms with E-state index in [4.69, 9.17) is 32.3 Å². The molecule has 0 saturated heterocycles. The number of phosphoric acid groups is 2. The Bertz CT molecular complexity index is 1910. The van der Waals surface area contributed by atoms with Gasteiger partial charge in [-0.1, -0.05) is 287 Å². The van der Waals surface area contributed by atoms with Crippen LogP contribution in [0.1, 0.15) is 329 Å². The molecule has 0 spiro atoms. The number of carbonyl (C=O) groups is 3. The summed E-state index contributed by atoms with van der Waals surface area (Å²) >= 11 is 0. The molecular formula is C73H134O16P2. The normalized spacial score (nSPS) is 14.5. The Labute approximate surface area is 554 Å². The van der Waals surface area contributed by atoms with Gasteiger partial charge in [-0.15, -0.1) is 0 Å². The van der Waals surface area contributed by atoms with Crippen LogP contribution >= 0.6 is 15.6 Å². The maximum atomic E-state index is 12.9. The van der Waals surface area contributed by atoms with E-state index in [0.29, 0.717) is 19.3 Å². The van der Waals surface area contributed by atoms with Crippen LogP contribution in [-0.2, 0) is 55.8 Å². The fourth-order valence-corrected chi connectivity index (χ4v) is 11.7. The molecule has 91 heavy (non-hydrogen) atoms. The number of phosphoric ester groups is 2. The zero-order valence-corrected chi connectivity index (χ0v) is 59.6. The third-order valence-electron chi connectivity index (χ3n) is 15.7. The van der Waals surface area contributed by atoms with Crippen molar-refractivity contribution in [2.45, 2.75) is 347 Å². The van der Waals surface area contributed by atoms with E-state index < -0.39 is 91.5 Å². The van der Waals surface area contributed by atoms with Crippen molar-refractivity contribution >= 4 is 33.6 Å². The summed E-state index contributed by atoms with van der Waals surface area (Å²) in [6.45, 7) is 2.63. The lowest BCUT2D eigenvalue weighted by Gasteiger charge is -2.21. The molecule has 0 bridgehead atoms. The predicted octanol–water partition coefficient (Wildman–Crippen LogP) is 20.5. The van der Waals surface area contributed by atoms with Crippen LogP contribution in [0.5, 0.6) is 0 Å². The van der Waals surface area contributed by atoms with Gasteiger partial charge in [0.2, 0.25) is 0 Å². The second kappa shape index (κ2) is 67.2. The number of unbranched alkanes of at least 4 members (excludes halogenated alkanes) is 37. The highest BCUT2D eigenvalue weighted by Gasteiger charge is 2.29. The minimum atomic E-state index is -4.91. The molecule has 5 unspecified atom stereocenters. The first kappa shape index (κ1) is 88.2. The third-order valence-corrected chi connectivity index (χ3v) is 17.6. The average Bonchev–Trinajstić information content (AvgIpc) is 3.65. The second-order valence-corrected chi connectivity index (χ2v) is 27.7. The summed E-state index contributed by atoms with van der Waals surface area (Å²) in [4.78, 5) is 58.3. The van der Waals surface area contributed by atoms with E-state index >= 15 is 0 Å². The highest BCUT2D eigenvalue weighted by Crippen LogP contribution is 2.45. The standard InChI is InChI=1S/C73H134O16P2/c1-4-7-10-13-16-19-22-24-26-27-28-29-30-31-32-33-34-35-36-37-38-39-41-43-45-47-50-53-56-59-71(76)83-62-68(74)63-85-90(79,80)86-64-69(75)65-87-91(81,82)88-67-70(89-73(78)61-58-55-52-49-44-21-18-15-12-9-6-3)66-84-72(77)60-57-54-51-48-46-42-40-25-23-20-17-14-11-8-5-2/h15-16,18-19,24,26,28-29,31-32,68-70,74-75H,4-14,17,20-23,25,27,30,33-67H2,1-3H3,(H,79,80)(H,81,82)/b18-15-,19-16-,26-24-,29-28-,32-31-. The summed E-state index contributed by atoms with van der Waals surface area (Å²) in [6, 6.07) is 0. The first-order valence-electron chi connectivity index (χ1n) is 36.6.